The van der Waals surface area contributed by atoms with Crippen molar-refractivity contribution in [3.8, 4) is 0 Å². The van der Waals surface area contributed by atoms with Crippen LogP contribution in [0.4, 0.5) is 5.95 Å². The van der Waals surface area contributed by atoms with Gasteiger partial charge in [0.1, 0.15) is 0 Å². The van der Waals surface area contributed by atoms with Crippen LogP contribution in [0.1, 0.15) is 39.2 Å². The summed E-state index contributed by atoms with van der Waals surface area (Å²) in [6, 6.07) is 6.49. The van der Waals surface area contributed by atoms with Crippen LogP contribution in [0.5, 0.6) is 0 Å². The van der Waals surface area contributed by atoms with E-state index in [0.717, 1.165) is 49.3 Å². The number of H-pyrrole nitrogens is 1. The zero-order valence-electron chi connectivity index (χ0n) is 11.7. The summed E-state index contributed by atoms with van der Waals surface area (Å²) >= 11 is 0. The molecule has 1 aromatic carbocycles. The summed E-state index contributed by atoms with van der Waals surface area (Å²) in [4.78, 5) is 10.5. The Balaban J connectivity index is 2.32. The van der Waals surface area contributed by atoms with Gasteiger partial charge in [-0.05, 0) is 37.0 Å². The molecule has 1 N–H and O–H groups in total. The lowest BCUT2D eigenvalue weighted by molar-refractivity contribution is 0.727. The highest BCUT2D eigenvalue weighted by molar-refractivity contribution is 5.78. The summed E-state index contributed by atoms with van der Waals surface area (Å²) in [5.41, 5.74) is 3.58. The van der Waals surface area contributed by atoms with Gasteiger partial charge in [0, 0.05) is 13.1 Å². The van der Waals surface area contributed by atoms with Gasteiger partial charge in [0.25, 0.3) is 0 Å². The van der Waals surface area contributed by atoms with Gasteiger partial charge < -0.3 is 9.88 Å². The van der Waals surface area contributed by atoms with E-state index in [1.807, 2.05) is 0 Å². The molecule has 0 radical (unpaired) electrons. The third-order valence-corrected chi connectivity index (χ3v) is 3.23. The maximum absolute atomic E-state index is 4.70. The summed E-state index contributed by atoms with van der Waals surface area (Å²) < 4.78 is 0. The fourth-order valence-electron chi connectivity index (χ4n) is 2.28. The summed E-state index contributed by atoms with van der Waals surface area (Å²) in [6.45, 7) is 8.72. The second kappa shape index (κ2) is 5.89. The van der Waals surface area contributed by atoms with E-state index < -0.39 is 0 Å². The van der Waals surface area contributed by atoms with Crippen molar-refractivity contribution in [1.82, 2.24) is 9.97 Å². The summed E-state index contributed by atoms with van der Waals surface area (Å²) in [6.07, 6.45) is 3.37. The quantitative estimate of drug-likeness (QED) is 0.840. The van der Waals surface area contributed by atoms with E-state index in [1.165, 1.54) is 5.56 Å². The molecule has 98 valence electrons. The molecule has 0 aliphatic carbocycles. The van der Waals surface area contributed by atoms with Crippen molar-refractivity contribution in [3.63, 3.8) is 0 Å². The Morgan fingerprint density at radius 3 is 2.44 bits per heavy atom. The first-order valence-electron chi connectivity index (χ1n) is 7.02. The minimum absolute atomic E-state index is 1.02. The summed E-state index contributed by atoms with van der Waals surface area (Å²) in [5.74, 6) is 1.02. The molecule has 3 heteroatoms. The van der Waals surface area contributed by atoms with Crippen molar-refractivity contribution in [2.75, 3.05) is 18.0 Å². The van der Waals surface area contributed by atoms with Gasteiger partial charge in [-0.25, -0.2) is 4.98 Å². The van der Waals surface area contributed by atoms with Crippen LogP contribution in [0.25, 0.3) is 11.0 Å². The van der Waals surface area contributed by atoms with E-state index in [2.05, 4.69) is 48.9 Å². The molecule has 1 heterocycles. The zero-order chi connectivity index (χ0) is 13.0. The molecule has 0 aliphatic heterocycles. The van der Waals surface area contributed by atoms with Crippen molar-refractivity contribution < 1.29 is 0 Å². The van der Waals surface area contributed by atoms with Crippen molar-refractivity contribution >= 4 is 17.0 Å². The number of nitrogens with one attached hydrogen (secondary N) is 1. The monoisotopic (exact) mass is 245 g/mol. The second-order valence-electron chi connectivity index (χ2n) is 4.75. The number of imidazole rings is 1. The maximum atomic E-state index is 4.70. The van der Waals surface area contributed by atoms with Gasteiger partial charge in [0.15, 0.2) is 0 Å². The van der Waals surface area contributed by atoms with Gasteiger partial charge in [0.2, 0.25) is 5.95 Å². The third-order valence-electron chi connectivity index (χ3n) is 3.23. The maximum Gasteiger partial charge on any atom is 0.203 e. The van der Waals surface area contributed by atoms with Crippen LogP contribution in [0.15, 0.2) is 18.2 Å². The highest BCUT2D eigenvalue weighted by Gasteiger charge is 2.09. The van der Waals surface area contributed by atoms with Gasteiger partial charge in [0.05, 0.1) is 11.0 Å². The number of fused-ring (bicyclic) bond motifs is 1. The minimum atomic E-state index is 1.02. The van der Waals surface area contributed by atoms with Gasteiger partial charge in [-0.1, -0.05) is 26.8 Å². The first-order valence-corrected chi connectivity index (χ1v) is 7.02. The first kappa shape index (κ1) is 12.9. The van der Waals surface area contributed by atoms with Crippen molar-refractivity contribution in [1.29, 1.82) is 0 Å². The van der Waals surface area contributed by atoms with Crippen LogP contribution in [0.3, 0.4) is 0 Å². The number of rotatable bonds is 6. The number of anilines is 1. The number of aryl methyl sites for hydroxylation is 1. The van der Waals surface area contributed by atoms with E-state index in [0.29, 0.717) is 0 Å². The predicted octanol–water partition coefficient (Wildman–Crippen LogP) is 3.75. The Morgan fingerprint density at radius 2 is 1.83 bits per heavy atom. The largest absolute Gasteiger partial charge is 0.342 e. The van der Waals surface area contributed by atoms with E-state index >= 15 is 0 Å². The molecule has 1 aromatic heterocycles. The Morgan fingerprint density at radius 1 is 1.11 bits per heavy atom. The highest BCUT2D eigenvalue weighted by atomic mass is 15.3. The van der Waals surface area contributed by atoms with Crippen LogP contribution in [-0.2, 0) is 6.42 Å². The molecule has 0 atom stereocenters. The Kier molecular flexibility index (Phi) is 4.24. The Hall–Kier alpha value is -1.51. The fraction of sp³-hybridized carbons (Fsp3) is 0.533. The zero-order valence-corrected chi connectivity index (χ0v) is 11.7. The highest BCUT2D eigenvalue weighted by Crippen LogP contribution is 2.19. The van der Waals surface area contributed by atoms with E-state index in [-0.39, 0.29) is 0 Å². The minimum Gasteiger partial charge on any atom is -0.342 e. The molecule has 0 fully saturated rings. The van der Waals surface area contributed by atoms with Crippen molar-refractivity contribution in [3.05, 3.63) is 23.8 Å². The lowest BCUT2D eigenvalue weighted by Gasteiger charge is -2.20. The molecule has 18 heavy (non-hydrogen) atoms. The third kappa shape index (κ3) is 2.66. The molecule has 0 saturated carbocycles. The summed E-state index contributed by atoms with van der Waals surface area (Å²) in [5, 5.41) is 0. The number of hydrogen-bond acceptors (Lipinski definition) is 2. The number of hydrogen-bond donors (Lipinski definition) is 1. The van der Waals surface area contributed by atoms with Crippen LogP contribution in [0, 0.1) is 0 Å². The molecule has 0 unspecified atom stereocenters. The van der Waals surface area contributed by atoms with E-state index in [1.54, 1.807) is 0 Å². The van der Waals surface area contributed by atoms with E-state index in [4.69, 9.17) is 4.98 Å². The smallest absolute Gasteiger partial charge is 0.203 e. The van der Waals surface area contributed by atoms with Gasteiger partial charge >= 0.3 is 0 Å². The van der Waals surface area contributed by atoms with Crippen LogP contribution in [-0.4, -0.2) is 23.1 Å². The molecular formula is C15H23N3. The van der Waals surface area contributed by atoms with Crippen LogP contribution < -0.4 is 4.90 Å². The Labute approximate surface area is 109 Å². The summed E-state index contributed by atoms with van der Waals surface area (Å²) in [7, 11) is 0. The predicted molar refractivity (Wildman–Crippen MR) is 78.3 cm³/mol. The van der Waals surface area contributed by atoms with Gasteiger partial charge in [-0.2, -0.15) is 0 Å². The normalized spacial score (nSPS) is 11.1. The lowest BCUT2D eigenvalue weighted by Crippen LogP contribution is -2.25. The molecule has 3 nitrogen and oxygen atoms in total. The number of benzene rings is 1. The average Bonchev–Trinajstić information content (AvgIpc) is 2.81. The molecule has 0 aliphatic rings. The molecule has 0 amide bonds. The SMILES string of the molecule is CCCN(CCC)c1nc2ccc(CC)cc2[nH]1. The molecule has 0 bridgehead atoms. The molecule has 2 aromatic rings. The van der Waals surface area contributed by atoms with Crippen molar-refractivity contribution in [2.45, 2.75) is 40.0 Å². The van der Waals surface area contributed by atoms with Crippen molar-refractivity contribution in [2.24, 2.45) is 0 Å². The molecule has 0 spiro atoms. The fourth-order valence-corrected chi connectivity index (χ4v) is 2.28. The number of nitrogens with zero attached hydrogens (tertiary/aromatic N) is 2. The van der Waals surface area contributed by atoms with Crippen LogP contribution >= 0.6 is 0 Å². The molecule has 2 rings (SSSR count). The second-order valence-corrected chi connectivity index (χ2v) is 4.75. The van der Waals surface area contributed by atoms with Gasteiger partial charge in [-0.15, -0.1) is 0 Å². The van der Waals surface area contributed by atoms with E-state index in [9.17, 15) is 0 Å². The number of aromatic nitrogens is 2. The van der Waals surface area contributed by atoms with Gasteiger partial charge in [-0.3, -0.25) is 0 Å². The molecule has 0 saturated heterocycles. The standard InChI is InChI=1S/C15H23N3/c1-4-9-18(10-5-2)15-16-13-8-7-12(6-3)11-14(13)17-15/h7-8,11H,4-6,9-10H2,1-3H3,(H,16,17). The average molecular weight is 245 g/mol. The topological polar surface area (TPSA) is 31.9 Å². The number of aromatic amines is 1. The van der Waals surface area contributed by atoms with Crippen LogP contribution in [0.2, 0.25) is 0 Å². The first-order chi connectivity index (χ1) is 8.78. The Bertz CT molecular complexity index is 495. The lowest BCUT2D eigenvalue weighted by atomic mass is 10.1. The molecular weight excluding hydrogens is 222 g/mol.